The van der Waals surface area contributed by atoms with Crippen LogP contribution in [0, 0.1) is 0 Å². The third-order valence-corrected chi connectivity index (χ3v) is 4.91. The van der Waals surface area contributed by atoms with E-state index in [1.807, 2.05) is 36.5 Å². The van der Waals surface area contributed by atoms with Gasteiger partial charge in [0, 0.05) is 44.3 Å². The van der Waals surface area contributed by atoms with E-state index in [9.17, 15) is 4.79 Å². The molecule has 1 saturated heterocycles. The smallest absolute Gasteiger partial charge is 0.253 e. The van der Waals surface area contributed by atoms with Crippen molar-refractivity contribution in [2.75, 3.05) is 36.0 Å². The number of benzene rings is 1. The second-order valence-electron chi connectivity index (χ2n) is 6.75. The van der Waals surface area contributed by atoms with Crippen molar-refractivity contribution in [3.63, 3.8) is 0 Å². The first-order valence-corrected chi connectivity index (χ1v) is 9.48. The molecule has 6 nitrogen and oxygen atoms in total. The quantitative estimate of drug-likeness (QED) is 0.745. The van der Waals surface area contributed by atoms with E-state index >= 15 is 0 Å². The fourth-order valence-corrected chi connectivity index (χ4v) is 3.36. The minimum absolute atomic E-state index is 0.136. The first kappa shape index (κ1) is 18.0. The van der Waals surface area contributed by atoms with Gasteiger partial charge in [0.15, 0.2) is 0 Å². The van der Waals surface area contributed by atoms with Gasteiger partial charge in [0.25, 0.3) is 5.91 Å². The van der Waals surface area contributed by atoms with Gasteiger partial charge < -0.3 is 15.1 Å². The van der Waals surface area contributed by atoms with Crippen LogP contribution in [0.1, 0.15) is 16.1 Å². The molecule has 1 aliphatic heterocycles. The van der Waals surface area contributed by atoms with Crippen LogP contribution in [-0.4, -0.2) is 42.1 Å². The number of pyridine rings is 2. The van der Waals surface area contributed by atoms with Crippen molar-refractivity contribution < 1.29 is 4.79 Å². The van der Waals surface area contributed by atoms with Crippen molar-refractivity contribution in [3.8, 4) is 0 Å². The maximum absolute atomic E-state index is 12.5. The Hall–Kier alpha value is -3.41. The van der Waals surface area contributed by atoms with Crippen LogP contribution in [0.15, 0.2) is 73.2 Å². The summed E-state index contributed by atoms with van der Waals surface area (Å²) in [7, 11) is 0. The van der Waals surface area contributed by atoms with Crippen LogP contribution < -0.4 is 15.1 Å². The number of carbonyl (C=O) groups is 1. The van der Waals surface area contributed by atoms with Gasteiger partial charge in [-0.15, -0.1) is 0 Å². The SMILES string of the molecule is O=C(NCc1ccccn1)c1cncc(N2CCN(c3ccccc3)CC2)c1. The molecule has 1 amide bonds. The second-order valence-corrected chi connectivity index (χ2v) is 6.75. The number of hydrogen-bond donors (Lipinski definition) is 1. The van der Waals surface area contributed by atoms with Crippen molar-refractivity contribution in [2.45, 2.75) is 6.54 Å². The Labute approximate surface area is 164 Å². The number of hydrogen-bond acceptors (Lipinski definition) is 5. The summed E-state index contributed by atoms with van der Waals surface area (Å²) in [4.78, 5) is 25.7. The Balaban J connectivity index is 1.37. The molecule has 0 radical (unpaired) electrons. The van der Waals surface area contributed by atoms with E-state index in [4.69, 9.17) is 0 Å². The lowest BCUT2D eigenvalue weighted by Crippen LogP contribution is -2.46. The molecule has 3 heterocycles. The monoisotopic (exact) mass is 373 g/mol. The fraction of sp³-hybridized carbons (Fsp3) is 0.227. The van der Waals surface area contributed by atoms with Crippen molar-refractivity contribution in [1.82, 2.24) is 15.3 Å². The lowest BCUT2D eigenvalue weighted by Gasteiger charge is -2.37. The number of aromatic nitrogens is 2. The molecule has 142 valence electrons. The Kier molecular flexibility index (Phi) is 5.47. The highest BCUT2D eigenvalue weighted by molar-refractivity contribution is 5.94. The zero-order valence-corrected chi connectivity index (χ0v) is 15.7. The van der Waals surface area contributed by atoms with Gasteiger partial charge in [0.1, 0.15) is 0 Å². The second kappa shape index (κ2) is 8.52. The van der Waals surface area contributed by atoms with Gasteiger partial charge in [-0.2, -0.15) is 0 Å². The molecule has 1 fully saturated rings. The molecular formula is C22H23N5O. The Morgan fingerprint density at radius 2 is 1.61 bits per heavy atom. The number of piperazine rings is 1. The normalized spacial score (nSPS) is 14.0. The van der Waals surface area contributed by atoms with E-state index in [2.05, 4.69) is 49.4 Å². The molecule has 3 aromatic rings. The van der Waals surface area contributed by atoms with E-state index in [0.717, 1.165) is 37.6 Å². The maximum Gasteiger partial charge on any atom is 0.253 e. The summed E-state index contributed by atoms with van der Waals surface area (Å²) in [6.07, 6.45) is 5.16. The number of carbonyl (C=O) groups excluding carboxylic acids is 1. The van der Waals surface area contributed by atoms with Gasteiger partial charge in [-0.05, 0) is 30.3 Å². The average Bonchev–Trinajstić information content (AvgIpc) is 2.79. The first-order chi connectivity index (χ1) is 13.8. The van der Waals surface area contributed by atoms with Crippen LogP contribution in [0.4, 0.5) is 11.4 Å². The van der Waals surface area contributed by atoms with Gasteiger partial charge >= 0.3 is 0 Å². The highest BCUT2D eigenvalue weighted by Gasteiger charge is 2.18. The van der Waals surface area contributed by atoms with Crippen LogP contribution in [0.5, 0.6) is 0 Å². The third-order valence-electron chi connectivity index (χ3n) is 4.91. The van der Waals surface area contributed by atoms with Crippen molar-refractivity contribution >= 4 is 17.3 Å². The van der Waals surface area contributed by atoms with E-state index in [-0.39, 0.29) is 5.91 Å². The van der Waals surface area contributed by atoms with Gasteiger partial charge in [-0.3, -0.25) is 14.8 Å². The highest BCUT2D eigenvalue weighted by Crippen LogP contribution is 2.20. The van der Waals surface area contributed by atoms with Crippen LogP contribution >= 0.6 is 0 Å². The topological polar surface area (TPSA) is 61.4 Å². The summed E-state index contributed by atoms with van der Waals surface area (Å²) in [5, 5.41) is 2.91. The Bertz CT molecular complexity index is 908. The van der Waals surface area contributed by atoms with Crippen LogP contribution in [-0.2, 0) is 6.54 Å². The van der Waals surface area contributed by atoms with Crippen LogP contribution in [0.25, 0.3) is 0 Å². The molecular weight excluding hydrogens is 350 g/mol. The van der Waals surface area contributed by atoms with Crippen LogP contribution in [0.3, 0.4) is 0 Å². The lowest BCUT2D eigenvalue weighted by molar-refractivity contribution is 0.0950. The molecule has 0 atom stereocenters. The maximum atomic E-state index is 12.5. The first-order valence-electron chi connectivity index (χ1n) is 9.48. The Morgan fingerprint density at radius 1 is 0.893 bits per heavy atom. The Morgan fingerprint density at radius 3 is 2.32 bits per heavy atom. The molecule has 1 aromatic carbocycles. The van der Waals surface area contributed by atoms with Gasteiger partial charge in [0.05, 0.1) is 29.7 Å². The van der Waals surface area contributed by atoms with Crippen molar-refractivity contribution in [3.05, 3.63) is 84.4 Å². The summed E-state index contributed by atoms with van der Waals surface area (Å²) < 4.78 is 0. The molecule has 0 aliphatic carbocycles. The average molecular weight is 373 g/mol. The molecule has 6 heteroatoms. The summed E-state index contributed by atoms with van der Waals surface area (Å²) in [5.74, 6) is -0.136. The van der Waals surface area contributed by atoms with Gasteiger partial charge in [0.2, 0.25) is 0 Å². The summed E-state index contributed by atoms with van der Waals surface area (Å²) in [5.41, 5.74) is 3.64. The van der Waals surface area contributed by atoms with E-state index in [1.165, 1.54) is 5.69 Å². The highest BCUT2D eigenvalue weighted by atomic mass is 16.1. The third kappa shape index (κ3) is 4.28. The van der Waals surface area contributed by atoms with E-state index < -0.39 is 0 Å². The lowest BCUT2D eigenvalue weighted by atomic mass is 10.2. The van der Waals surface area contributed by atoms with Crippen LogP contribution in [0.2, 0.25) is 0 Å². The number of nitrogens with zero attached hydrogens (tertiary/aromatic N) is 4. The summed E-state index contributed by atoms with van der Waals surface area (Å²) >= 11 is 0. The molecule has 0 spiro atoms. The summed E-state index contributed by atoms with van der Waals surface area (Å²) in [6, 6.07) is 18.0. The van der Waals surface area contributed by atoms with Crippen molar-refractivity contribution in [1.29, 1.82) is 0 Å². The number of anilines is 2. The zero-order chi connectivity index (χ0) is 19.2. The minimum atomic E-state index is -0.136. The minimum Gasteiger partial charge on any atom is -0.368 e. The molecule has 0 unspecified atom stereocenters. The zero-order valence-electron chi connectivity index (χ0n) is 15.7. The molecule has 0 bridgehead atoms. The molecule has 1 aliphatic rings. The predicted molar refractivity (Wildman–Crippen MR) is 111 cm³/mol. The number of nitrogens with one attached hydrogen (secondary N) is 1. The fourth-order valence-electron chi connectivity index (χ4n) is 3.36. The number of amides is 1. The van der Waals surface area contributed by atoms with E-state index in [1.54, 1.807) is 12.4 Å². The number of rotatable bonds is 5. The molecule has 2 aromatic heterocycles. The van der Waals surface area contributed by atoms with Crippen molar-refractivity contribution in [2.24, 2.45) is 0 Å². The van der Waals surface area contributed by atoms with E-state index in [0.29, 0.717) is 12.1 Å². The standard InChI is InChI=1S/C22H23N5O/c28-22(25-16-19-6-4-5-9-24-19)18-14-21(17-23-15-18)27-12-10-26(11-13-27)20-7-2-1-3-8-20/h1-9,14-15,17H,10-13,16H2,(H,25,28). The van der Waals surface area contributed by atoms with Gasteiger partial charge in [-0.1, -0.05) is 24.3 Å². The van der Waals surface area contributed by atoms with Gasteiger partial charge in [-0.25, -0.2) is 0 Å². The molecule has 28 heavy (non-hydrogen) atoms. The summed E-state index contributed by atoms with van der Waals surface area (Å²) in [6.45, 7) is 4.09. The molecule has 0 saturated carbocycles. The largest absolute Gasteiger partial charge is 0.368 e. The molecule has 4 rings (SSSR count). The molecule has 1 N–H and O–H groups in total. The number of para-hydroxylation sites is 1. The predicted octanol–water partition coefficient (Wildman–Crippen LogP) is 2.73.